The van der Waals surface area contributed by atoms with Crippen LogP contribution in [0.2, 0.25) is 0 Å². The lowest BCUT2D eigenvalue weighted by Gasteiger charge is -2.21. The summed E-state index contributed by atoms with van der Waals surface area (Å²) < 4.78 is 2.93. The number of aromatic nitrogens is 3. The number of nitrogens with zero attached hydrogens (tertiary/aromatic N) is 2. The molecule has 0 aliphatic carbocycles. The summed E-state index contributed by atoms with van der Waals surface area (Å²) in [5, 5.41) is 7.19. The minimum Gasteiger partial charge on any atom is -0.301 e. The van der Waals surface area contributed by atoms with E-state index in [0.717, 1.165) is 23.4 Å². The van der Waals surface area contributed by atoms with Crippen molar-refractivity contribution in [2.45, 2.75) is 53.0 Å². The average molecular weight is 227 g/mol. The predicted octanol–water partition coefficient (Wildman–Crippen LogP) is 3.50. The molecule has 2 unspecified atom stereocenters. The van der Waals surface area contributed by atoms with Crippen LogP contribution in [0.1, 0.15) is 52.4 Å². The van der Waals surface area contributed by atoms with Gasteiger partial charge in [-0.1, -0.05) is 27.2 Å². The van der Waals surface area contributed by atoms with Gasteiger partial charge in [-0.05, 0) is 31.5 Å². The van der Waals surface area contributed by atoms with Gasteiger partial charge in [-0.15, -0.1) is 0 Å². The molecule has 2 atom stereocenters. The molecule has 1 N–H and O–H groups in total. The van der Waals surface area contributed by atoms with Crippen LogP contribution >= 0.6 is 12.2 Å². The van der Waals surface area contributed by atoms with Gasteiger partial charge in [-0.25, -0.2) is 0 Å². The third-order valence-electron chi connectivity index (χ3n) is 3.13. The van der Waals surface area contributed by atoms with E-state index in [4.69, 9.17) is 12.2 Å². The normalized spacial score (nSPS) is 15.2. The maximum atomic E-state index is 5.28. The van der Waals surface area contributed by atoms with Gasteiger partial charge in [0.05, 0.1) is 0 Å². The quantitative estimate of drug-likeness (QED) is 0.781. The van der Waals surface area contributed by atoms with Gasteiger partial charge < -0.3 is 4.57 Å². The molecule has 0 aliphatic heterocycles. The van der Waals surface area contributed by atoms with Gasteiger partial charge in [0.15, 0.2) is 4.77 Å². The van der Waals surface area contributed by atoms with E-state index in [2.05, 4.69) is 42.5 Å². The van der Waals surface area contributed by atoms with Crippen LogP contribution < -0.4 is 0 Å². The van der Waals surface area contributed by atoms with Crippen LogP contribution in [0.4, 0.5) is 0 Å². The minimum atomic E-state index is 0.433. The van der Waals surface area contributed by atoms with Gasteiger partial charge in [0.1, 0.15) is 5.82 Å². The summed E-state index contributed by atoms with van der Waals surface area (Å²) in [5.41, 5.74) is 0. The maximum absolute atomic E-state index is 5.28. The first-order chi connectivity index (χ1) is 7.11. The monoisotopic (exact) mass is 227 g/mol. The van der Waals surface area contributed by atoms with Crippen LogP contribution in [0, 0.1) is 10.7 Å². The van der Waals surface area contributed by atoms with Gasteiger partial charge in [0.25, 0.3) is 0 Å². The Hall–Kier alpha value is -0.640. The summed E-state index contributed by atoms with van der Waals surface area (Å²) in [6.07, 6.45) is 3.26. The van der Waals surface area contributed by atoms with Crippen molar-refractivity contribution in [2.75, 3.05) is 0 Å². The van der Waals surface area contributed by atoms with Crippen molar-refractivity contribution < 1.29 is 0 Å². The first-order valence-corrected chi connectivity index (χ1v) is 6.18. The number of H-pyrrole nitrogens is 1. The summed E-state index contributed by atoms with van der Waals surface area (Å²) in [4.78, 5) is 0. The molecule has 1 rings (SSSR count). The fraction of sp³-hybridized carbons (Fsp3) is 0.818. The second-order valence-corrected chi connectivity index (χ2v) is 4.58. The Kier molecular flexibility index (Phi) is 4.51. The standard InChI is InChI=1S/C11H21N3S/c1-5-7-10-12-13-11(15)14(10)9(4)8(3)6-2/h8-9H,5-7H2,1-4H3,(H,13,15). The highest BCUT2D eigenvalue weighted by Gasteiger charge is 2.16. The molecule has 1 aromatic heterocycles. The lowest BCUT2D eigenvalue weighted by Crippen LogP contribution is -2.16. The Labute approximate surface area is 96.9 Å². The highest BCUT2D eigenvalue weighted by Crippen LogP contribution is 2.22. The zero-order chi connectivity index (χ0) is 11.4. The van der Waals surface area contributed by atoms with Crippen LogP contribution in [0.15, 0.2) is 0 Å². The lowest BCUT2D eigenvalue weighted by molar-refractivity contribution is 0.358. The zero-order valence-corrected chi connectivity index (χ0v) is 10.9. The third-order valence-corrected chi connectivity index (χ3v) is 3.41. The molecule has 1 heterocycles. The van der Waals surface area contributed by atoms with Crippen LogP contribution in [-0.2, 0) is 6.42 Å². The van der Waals surface area contributed by atoms with Crippen molar-refractivity contribution in [1.82, 2.24) is 14.8 Å². The van der Waals surface area contributed by atoms with E-state index in [1.165, 1.54) is 6.42 Å². The zero-order valence-electron chi connectivity index (χ0n) is 10.1. The highest BCUT2D eigenvalue weighted by molar-refractivity contribution is 7.71. The van der Waals surface area contributed by atoms with Gasteiger partial charge in [-0.3, -0.25) is 5.10 Å². The number of aromatic amines is 1. The molecule has 0 radical (unpaired) electrons. The molecule has 0 aliphatic rings. The Balaban J connectivity index is 3.00. The Morgan fingerprint density at radius 2 is 2.07 bits per heavy atom. The number of hydrogen-bond donors (Lipinski definition) is 1. The van der Waals surface area contributed by atoms with E-state index >= 15 is 0 Å². The summed E-state index contributed by atoms with van der Waals surface area (Å²) in [5.74, 6) is 1.72. The van der Waals surface area contributed by atoms with E-state index < -0.39 is 0 Å². The van der Waals surface area contributed by atoms with Gasteiger partial charge in [-0.2, -0.15) is 5.10 Å². The smallest absolute Gasteiger partial charge is 0.195 e. The molecular formula is C11H21N3S. The molecular weight excluding hydrogens is 206 g/mol. The molecule has 4 heteroatoms. The number of rotatable bonds is 5. The number of hydrogen-bond acceptors (Lipinski definition) is 2. The molecule has 3 nitrogen and oxygen atoms in total. The van der Waals surface area contributed by atoms with Gasteiger partial charge in [0.2, 0.25) is 0 Å². The lowest BCUT2D eigenvalue weighted by atomic mass is 10.0. The molecule has 0 saturated carbocycles. The minimum absolute atomic E-state index is 0.433. The van der Waals surface area contributed by atoms with Crippen molar-refractivity contribution in [2.24, 2.45) is 5.92 Å². The molecule has 15 heavy (non-hydrogen) atoms. The first kappa shape index (κ1) is 12.4. The summed E-state index contributed by atoms with van der Waals surface area (Å²) in [7, 11) is 0. The van der Waals surface area contributed by atoms with E-state index in [1.807, 2.05) is 0 Å². The largest absolute Gasteiger partial charge is 0.301 e. The highest BCUT2D eigenvalue weighted by atomic mass is 32.1. The third kappa shape index (κ3) is 2.68. The fourth-order valence-corrected chi connectivity index (χ4v) is 2.07. The van der Waals surface area contributed by atoms with Crippen molar-refractivity contribution >= 4 is 12.2 Å². The molecule has 0 bridgehead atoms. The summed E-state index contributed by atoms with van der Waals surface area (Å²) in [6.45, 7) is 8.86. The van der Waals surface area contributed by atoms with E-state index in [0.29, 0.717) is 12.0 Å². The number of nitrogens with one attached hydrogen (secondary N) is 1. The van der Waals surface area contributed by atoms with Crippen LogP contribution in [-0.4, -0.2) is 14.8 Å². The maximum Gasteiger partial charge on any atom is 0.195 e. The fourth-order valence-electron chi connectivity index (χ4n) is 1.75. The topological polar surface area (TPSA) is 33.6 Å². The Morgan fingerprint density at radius 1 is 1.40 bits per heavy atom. The number of aryl methyl sites for hydroxylation is 1. The second kappa shape index (κ2) is 5.45. The second-order valence-electron chi connectivity index (χ2n) is 4.19. The van der Waals surface area contributed by atoms with Gasteiger partial charge >= 0.3 is 0 Å². The van der Waals surface area contributed by atoms with Crippen molar-refractivity contribution in [3.05, 3.63) is 10.6 Å². The SMILES string of the molecule is CCCc1n[nH]c(=S)n1C(C)C(C)CC. The van der Waals surface area contributed by atoms with Crippen LogP contribution in [0.3, 0.4) is 0 Å². The molecule has 0 saturated heterocycles. The molecule has 0 amide bonds. The van der Waals surface area contributed by atoms with E-state index in [1.54, 1.807) is 0 Å². The summed E-state index contributed by atoms with van der Waals surface area (Å²) in [6, 6.07) is 0.433. The van der Waals surface area contributed by atoms with E-state index in [-0.39, 0.29) is 0 Å². The Morgan fingerprint density at radius 3 is 2.60 bits per heavy atom. The van der Waals surface area contributed by atoms with Crippen molar-refractivity contribution in [3.63, 3.8) is 0 Å². The van der Waals surface area contributed by atoms with Crippen molar-refractivity contribution in [3.8, 4) is 0 Å². The molecule has 0 aromatic carbocycles. The predicted molar refractivity (Wildman–Crippen MR) is 65.6 cm³/mol. The van der Waals surface area contributed by atoms with Crippen LogP contribution in [0.5, 0.6) is 0 Å². The first-order valence-electron chi connectivity index (χ1n) is 5.77. The van der Waals surface area contributed by atoms with Crippen molar-refractivity contribution in [1.29, 1.82) is 0 Å². The molecule has 0 fully saturated rings. The Bertz CT molecular complexity index is 353. The van der Waals surface area contributed by atoms with Crippen LogP contribution in [0.25, 0.3) is 0 Å². The molecule has 86 valence electrons. The van der Waals surface area contributed by atoms with E-state index in [9.17, 15) is 0 Å². The molecule has 1 aromatic rings. The average Bonchev–Trinajstić information content (AvgIpc) is 2.58. The van der Waals surface area contributed by atoms with Gasteiger partial charge in [0, 0.05) is 12.5 Å². The summed E-state index contributed by atoms with van der Waals surface area (Å²) >= 11 is 5.28. The molecule has 0 spiro atoms.